The minimum atomic E-state index is 0.633. The average Bonchev–Trinajstić information content (AvgIpc) is 3.92. The Morgan fingerprint density at radius 3 is 1.53 bits per heavy atom. The molecule has 12 aromatic carbocycles. The van der Waals surface area contributed by atoms with Crippen LogP contribution in [0, 0.1) is 0 Å². The Hall–Kier alpha value is -8.86. The Balaban J connectivity index is 1.28. The van der Waals surface area contributed by atoms with Crippen molar-refractivity contribution in [2.24, 2.45) is 0 Å². The Bertz CT molecular complexity index is 4570. The molecule has 15 aromatic rings. The lowest BCUT2D eigenvalue weighted by molar-refractivity contribution is 1.02. The fraction of sp³-hybridized carbons (Fsp3) is 0. The number of aromatic nitrogens is 4. The van der Waals surface area contributed by atoms with Gasteiger partial charge in [-0.05, 0) is 61.3 Å². The van der Waals surface area contributed by atoms with Crippen molar-refractivity contribution in [3.8, 4) is 22.9 Å². The van der Waals surface area contributed by atoms with Gasteiger partial charge >= 0.3 is 0 Å². The van der Waals surface area contributed by atoms with Crippen molar-refractivity contribution in [2.75, 3.05) is 0 Å². The zero-order chi connectivity index (χ0) is 43.0. The van der Waals surface area contributed by atoms with Crippen LogP contribution in [-0.4, -0.2) is 19.1 Å². The quantitative estimate of drug-likeness (QED) is 0.166. The van der Waals surface area contributed by atoms with Crippen LogP contribution < -0.4 is 0 Å². The van der Waals surface area contributed by atoms with Gasteiger partial charge in [0, 0.05) is 54.0 Å². The molecule has 304 valence electrons. The largest absolute Gasteiger partial charge is 0.307 e. The Morgan fingerprint density at radius 1 is 0.273 bits per heavy atom. The van der Waals surface area contributed by atoms with Crippen LogP contribution in [0.15, 0.2) is 218 Å². The Labute approximate surface area is 377 Å². The van der Waals surface area contributed by atoms with Gasteiger partial charge in [0.1, 0.15) is 0 Å². The molecule has 4 nitrogen and oxygen atoms in total. The lowest BCUT2D eigenvalue weighted by Crippen LogP contribution is -2.06. The van der Waals surface area contributed by atoms with E-state index >= 15 is 0 Å². The molecule has 0 N–H and O–H groups in total. The number of hydrogen-bond donors (Lipinski definition) is 0. The highest BCUT2D eigenvalue weighted by atomic mass is 15.2. The third-order valence-corrected chi connectivity index (χ3v) is 14.2. The maximum atomic E-state index is 5.82. The van der Waals surface area contributed by atoms with E-state index in [9.17, 15) is 0 Å². The summed E-state index contributed by atoms with van der Waals surface area (Å²) in [5, 5.41) is 20.1. The molecule has 3 heterocycles. The fourth-order valence-electron chi connectivity index (χ4n) is 11.5. The van der Waals surface area contributed by atoms with E-state index in [-0.39, 0.29) is 0 Å². The molecule has 66 heavy (non-hydrogen) atoms. The molecule has 4 heteroatoms. The number of para-hydroxylation sites is 1. The van der Waals surface area contributed by atoms with E-state index in [1.54, 1.807) is 0 Å². The summed E-state index contributed by atoms with van der Waals surface area (Å²) >= 11 is 0. The molecule has 0 bridgehead atoms. The van der Waals surface area contributed by atoms with Crippen molar-refractivity contribution in [1.82, 2.24) is 19.1 Å². The van der Waals surface area contributed by atoms with Crippen LogP contribution in [0.2, 0.25) is 0 Å². The van der Waals surface area contributed by atoms with E-state index in [1.807, 2.05) is 0 Å². The van der Waals surface area contributed by atoms with Crippen LogP contribution >= 0.6 is 0 Å². The second-order valence-electron chi connectivity index (χ2n) is 17.6. The molecule has 0 saturated heterocycles. The van der Waals surface area contributed by atoms with Crippen LogP contribution in [0.3, 0.4) is 0 Å². The first-order chi connectivity index (χ1) is 32.8. The first-order valence-electron chi connectivity index (χ1n) is 22.7. The zero-order valence-electron chi connectivity index (χ0n) is 35.6. The van der Waals surface area contributed by atoms with Crippen LogP contribution in [0.25, 0.3) is 142 Å². The van der Waals surface area contributed by atoms with Crippen LogP contribution in [0.1, 0.15) is 0 Å². The number of hydrogen-bond acceptors (Lipinski definition) is 2. The summed E-state index contributed by atoms with van der Waals surface area (Å²) in [5.74, 6) is 0.633. The lowest BCUT2D eigenvalue weighted by Gasteiger charge is -2.18. The van der Waals surface area contributed by atoms with Gasteiger partial charge in [-0.2, -0.15) is 0 Å². The summed E-state index contributed by atoms with van der Waals surface area (Å²) in [4.78, 5) is 11.6. The second kappa shape index (κ2) is 13.3. The van der Waals surface area contributed by atoms with Crippen molar-refractivity contribution >= 4 is 119 Å². The summed E-state index contributed by atoms with van der Waals surface area (Å²) in [5.41, 5.74) is 8.43. The highest BCUT2D eigenvalue weighted by Gasteiger charge is 2.28. The van der Waals surface area contributed by atoms with Gasteiger partial charge in [0.25, 0.3) is 0 Å². The standard InChI is InChI=1S/C62H36N4/c1-2-19-39(20-3-1)57-51-34-33-38-18-5-7-23-41(38)58(51)64-62(63-57)66-60-50(36-35-49-44-26-14-15-31-53(44)65(59(49)60)52-32-16-21-37-17-4-6-22-40(37)52)55-48-30-13-12-29-47(48)54-45-27-10-8-24-42(45)43-25-9-11-28-46(43)56(54)61(55)66/h1-36H. The van der Waals surface area contributed by atoms with E-state index in [0.717, 1.165) is 66.1 Å². The van der Waals surface area contributed by atoms with Crippen molar-refractivity contribution in [2.45, 2.75) is 0 Å². The second-order valence-corrected chi connectivity index (χ2v) is 17.6. The summed E-state index contributed by atoms with van der Waals surface area (Å²) in [6.45, 7) is 0. The van der Waals surface area contributed by atoms with Gasteiger partial charge in [0.15, 0.2) is 0 Å². The third kappa shape index (κ3) is 4.72. The highest BCUT2D eigenvalue weighted by molar-refractivity contribution is 6.43. The van der Waals surface area contributed by atoms with Crippen LogP contribution in [-0.2, 0) is 0 Å². The maximum Gasteiger partial charge on any atom is 0.235 e. The molecule has 0 radical (unpaired) electrons. The smallest absolute Gasteiger partial charge is 0.235 e. The molecule has 3 aromatic heterocycles. The number of rotatable bonds is 3. The van der Waals surface area contributed by atoms with E-state index in [1.165, 1.54) is 70.0 Å². The van der Waals surface area contributed by atoms with Gasteiger partial charge in [-0.1, -0.05) is 200 Å². The van der Waals surface area contributed by atoms with E-state index in [4.69, 9.17) is 9.97 Å². The van der Waals surface area contributed by atoms with Crippen molar-refractivity contribution in [1.29, 1.82) is 0 Å². The highest BCUT2D eigenvalue weighted by Crippen LogP contribution is 2.50. The van der Waals surface area contributed by atoms with Gasteiger partial charge in [-0.15, -0.1) is 0 Å². The average molecular weight is 837 g/mol. The Morgan fingerprint density at radius 2 is 0.788 bits per heavy atom. The fourth-order valence-corrected chi connectivity index (χ4v) is 11.5. The topological polar surface area (TPSA) is 35.6 Å². The first-order valence-corrected chi connectivity index (χ1v) is 22.7. The summed E-state index contributed by atoms with van der Waals surface area (Å²) in [6, 6.07) is 79.6. The molecule has 0 aliphatic heterocycles. The summed E-state index contributed by atoms with van der Waals surface area (Å²) in [6.07, 6.45) is 0. The molecule has 0 spiro atoms. The number of benzene rings is 12. The maximum absolute atomic E-state index is 5.82. The third-order valence-electron chi connectivity index (χ3n) is 14.2. The molecule has 0 amide bonds. The van der Waals surface area contributed by atoms with Gasteiger partial charge in [0.05, 0.1) is 39.0 Å². The minimum Gasteiger partial charge on any atom is -0.307 e. The lowest BCUT2D eigenvalue weighted by atomic mass is 9.89. The van der Waals surface area contributed by atoms with E-state index < -0.39 is 0 Å². The van der Waals surface area contributed by atoms with Crippen LogP contribution in [0.5, 0.6) is 0 Å². The number of fused-ring (bicyclic) bond motifs is 21. The normalized spacial score (nSPS) is 12.2. The predicted molar refractivity (Wildman–Crippen MR) is 279 cm³/mol. The SMILES string of the molecule is c1ccc(-c2nc(-n3c4c(c5ccccc5c5c6ccccc6c6ccccc6c54)c4ccc5c6ccccc6n(-c6cccc7ccccc67)c5c43)nc3c2ccc2ccccc23)cc1. The first kappa shape index (κ1) is 35.6. The molecule has 0 atom stereocenters. The molecular formula is C62H36N4. The van der Waals surface area contributed by atoms with Gasteiger partial charge in [0.2, 0.25) is 5.95 Å². The van der Waals surface area contributed by atoms with Crippen LogP contribution in [0.4, 0.5) is 0 Å². The van der Waals surface area contributed by atoms with Crippen molar-refractivity contribution in [3.05, 3.63) is 218 Å². The zero-order valence-corrected chi connectivity index (χ0v) is 35.6. The monoisotopic (exact) mass is 836 g/mol. The molecular weight excluding hydrogens is 801 g/mol. The molecule has 0 unspecified atom stereocenters. The number of nitrogens with zero attached hydrogens (tertiary/aromatic N) is 4. The molecule has 0 saturated carbocycles. The molecule has 0 aliphatic rings. The summed E-state index contributed by atoms with van der Waals surface area (Å²) < 4.78 is 4.97. The van der Waals surface area contributed by atoms with Crippen molar-refractivity contribution in [3.63, 3.8) is 0 Å². The minimum absolute atomic E-state index is 0.633. The van der Waals surface area contributed by atoms with E-state index in [0.29, 0.717) is 5.95 Å². The molecule has 0 aliphatic carbocycles. The predicted octanol–water partition coefficient (Wildman–Crippen LogP) is 16.4. The van der Waals surface area contributed by atoms with Gasteiger partial charge < -0.3 is 4.57 Å². The summed E-state index contributed by atoms with van der Waals surface area (Å²) in [7, 11) is 0. The van der Waals surface area contributed by atoms with Gasteiger partial charge in [-0.3, -0.25) is 4.57 Å². The van der Waals surface area contributed by atoms with E-state index in [2.05, 4.69) is 228 Å². The van der Waals surface area contributed by atoms with Crippen molar-refractivity contribution < 1.29 is 0 Å². The Kier molecular flexibility index (Phi) is 7.19. The molecule has 15 rings (SSSR count). The molecule has 0 fully saturated rings. The van der Waals surface area contributed by atoms with Gasteiger partial charge in [-0.25, -0.2) is 9.97 Å².